The van der Waals surface area contributed by atoms with Crippen LogP contribution < -0.4 is 24.0 Å². The Bertz CT molecular complexity index is 440. The molecule has 0 bridgehead atoms. The number of hydrogen-bond acceptors (Lipinski definition) is 2. The molecule has 1 unspecified atom stereocenters. The lowest BCUT2D eigenvalue weighted by atomic mass is 10.1. The fourth-order valence-electron chi connectivity index (χ4n) is 2.98. The minimum absolute atomic E-state index is 0. The van der Waals surface area contributed by atoms with Gasteiger partial charge in [0.15, 0.2) is 0 Å². The van der Waals surface area contributed by atoms with E-state index in [9.17, 15) is 4.79 Å². The zero-order valence-corrected chi connectivity index (χ0v) is 15.7. The number of hydrogen-bond donors (Lipinski definition) is 0. The van der Waals surface area contributed by atoms with Crippen LogP contribution in [0.15, 0.2) is 23.4 Å². The van der Waals surface area contributed by atoms with E-state index in [4.69, 9.17) is 4.74 Å². The molecule has 0 N–H and O–H groups in total. The number of halogens is 1. The molecule has 0 aromatic heterocycles. The van der Waals surface area contributed by atoms with Crippen molar-refractivity contribution in [2.75, 3.05) is 46.4 Å². The number of morpholine rings is 1. The first-order chi connectivity index (χ1) is 9.41. The van der Waals surface area contributed by atoms with Crippen LogP contribution >= 0.6 is 0 Å². The Morgan fingerprint density at radius 2 is 1.95 bits per heavy atom. The predicted octanol–water partition coefficient (Wildman–Crippen LogP) is -1.20. The molecular weight excluding hydrogens is 379 g/mol. The van der Waals surface area contributed by atoms with Gasteiger partial charge in [-0.2, -0.15) is 0 Å². The second kappa shape index (κ2) is 7.74. The minimum Gasteiger partial charge on any atom is -1.00 e. The van der Waals surface area contributed by atoms with Gasteiger partial charge in [0, 0.05) is 5.70 Å². The second-order valence-corrected chi connectivity index (χ2v) is 6.38. The maximum atomic E-state index is 12.5. The molecular formula is C16H27IN2O2. The SMILES string of the molecule is CC1=CC(C)C(=O)N(CC[N+]2(C)CCOCC2)C(C)=C1.[I-]. The van der Waals surface area contributed by atoms with E-state index in [1.54, 1.807) is 0 Å². The van der Waals surface area contributed by atoms with Crippen molar-refractivity contribution in [2.45, 2.75) is 20.8 Å². The van der Waals surface area contributed by atoms with Crippen molar-refractivity contribution in [1.82, 2.24) is 4.90 Å². The van der Waals surface area contributed by atoms with Gasteiger partial charge in [-0.3, -0.25) is 4.79 Å². The summed E-state index contributed by atoms with van der Waals surface area (Å²) in [7, 11) is 2.26. The van der Waals surface area contributed by atoms with E-state index in [1.165, 1.54) is 5.57 Å². The van der Waals surface area contributed by atoms with E-state index < -0.39 is 0 Å². The Morgan fingerprint density at radius 1 is 1.33 bits per heavy atom. The third-order valence-corrected chi connectivity index (χ3v) is 4.45. The van der Waals surface area contributed by atoms with Crippen molar-refractivity contribution in [2.24, 2.45) is 5.92 Å². The summed E-state index contributed by atoms with van der Waals surface area (Å²) in [5, 5.41) is 0. The first-order valence-corrected chi connectivity index (χ1v) is 7.51. The molecule has 1 amide bonds. The Kier molecular flexibility index (Phi) is 6.87. The van der Waals surface area contributed by atoms with Crippen molar-refractivity contribution >= 4 is 5.91 Å². The summed E-state index contributed by atoms with van der Waals surface area (Å²) < 4.78 is 6.43. The molecule has 1 fully saturated rings. The van der Waals surface area contributed by atoms with Crippen molar-refractivity contribution in [3.63, 3.8) is 0 Å². The van der Waals surface area contributed by atoms with Gasteiger partial charge in [-0.1, -0.05) is 18.6 Å². The molecule has 0 aromatic rings. The highest BCUT2D eigenvalue weighted by Gasteiger charge is 2.29. The summed E-state index contributed by atoms with van der Waals surface area (Å²) in [6.45, 7) is 11.6. The molecule has 4 nitrogen and oxygen atoms in total. The van der Waals surface area contributed by atoms with Gasteiger partial charge in [0.1, 0.15) is 13.1 Å². The highest BCUT2D eigenvalue weighted by atomic mass is 127. The van der Waals surface area contributed by atoms with Crippen LogP contribution in [-0.2, 0) is 9.53 Å². The van der Waals surface area contributed by atoms with Crippen LogP contribution in [0.3, 0.4) is 0 Å². The number of allylic oxidation sites excluding steroid dienone is 3. The Hall–Kier alpha value is -0.400. The second-order valence-electron chi connectivity index (χ2n) is 6.38. The van der Waals surface area contributed by atoms with E-state index in [0.29, 0.717) is 0 Å². The number of rotatable bonds is 3. The molecule has 1 atom stereocenters. The standard InChI is InChI=1S/C16H27N2O2.HI/c1-13-11-14(2)16(19)17(15(3)12-13)5-6-18(4)7-9-20-10-8-18;/h11-12,14H,5-10H2,1-4H3;1H/q+1;/p-1. The quantitative estimate of drug-likeness (QED) is 0.435. The monoisotopic (exact) mass is 406 g/mol. The van der Waals surface area contributed by atoms with E-state index in [0.717, 1.165) is 49.6 Å². The van der Waals surface area contributed by atoms with Gasteiger partial charge >= 0.3 is 0 Å². The lowest BCUT2D eigenvalue weighted by molar-refractivity contribution is -0.916. The summed E-state index contributed by atoms with van der Waals surface area (Å²) in [6, 6.07) is 0. The number of amides is 1. The highest BCUT2D eigenvalue weighted by Crippen LogP contribution is 2.20. The van der Waals surface area contributed by atoms with E-state index in [2.05, 4.69) is 26.1 Å². The average molecular weight is 406 g/mol. The van der Waals surface area contributed by atoms with Gasteiger partial charge in [-0.05, 0) is 19.9 Å². The number of ether oxygens (including phenoxy) is 1. The first-order valence-electron chi connectivity index (χ1n) is 7.51. The molecule has 0 saturated carbocycles. The first kappa shape index (κ1) is 18.6. The molecule has 0 aliphatic carbocycles. The number of likely N-dealkylation sites (N-methyl/N-ethyl adjacent to an activating group) is 1. The molecule has 0 aromatic carbocycles. The van der Waals surface area contributed by atoms with E-state index in [-0.39, 0.29) is 35.8 Å². The zero-order valence-electron chi connectivity index (χ0n) is 13.6. The number of nitrogens with zero attached hydrogens (tertiary/aromatic N) is 2. The summed E-state index contributed by atoms with van der Waals surface area (Å²) in [5.74, 6) is 0.189. The summed E-state index contributed by atoms with van der Waals surface area (Å²) in [5.41, 5.74) is 2.24. The fraction of sp³-hybridized carbons (Fsp3) is 0.688. The molecule has 0 radical (unpaired) electrons. The molecule has 0 spiro atoms. The molecule has 2 heterocycles. The van der Waals surface area contributed by atoms with E-state index in [1.807, 2.05) is 18.7 Å². The Balaban J connectivity index is 0.00000220. The molecule has 2 rings (SSSR count). The summed E-state index contributed by atoms with van der Waals surface area (Å²) in [6.07, 6.45) is 4.16. The Morgan fingerprint density at radius 3 is 2.57 bits per heavy atom. The molecule has 2 aliphatic rings. The Labute approximate surface area is 145 Å². The average Bonchev–Trinajstić information content (AvgIpc) is 2.46. The third-order valence-electron chi connectivity index (χ3n) is 4.45. The van der Waals surface area contributed by atoms with Crippen LogP contribution in [-0.4, -0.2) is 61.7 Å². The topological polar surface area (TPSA) is 29.5 Å². The lowest BCUT2D eigenvalue weighted by Gasteiger charge is -2.39. The van der Waals surface area contributed by atoms with Crippen molar-refractivity contribution in [3.05, 3.63) is 23.4 Å². The van der Waals surface area contributed by atoms with Crippen LogP contribution in [0.5, 0.6) is 0 Å². The molecule has 21 heavy (non-hydrogen) atoms. The number of quaternary nitrogens is 1. The maximum Gasteiger partial charge on any atom is 0.233 e. The van der Waals surface area contributed by atoms with Crippen LogP contribution in [0.1, 0.15) is 20.8 Å². The summed E-state index contributed by atoms with van der Waals surface area (Å²) >= 11 is 0. The van der Waals surface area contributed by atoms with Crippen molar-refractivity contribution in [3.8, 4) is 0 Å². The predicted molar refractivity (Wildman–Crippen MR) is 80.0 cm³/mol. The van der Waals surface area contributed by atoms with Crippen molar-refractivity contribution in [1.29, 1.82) is 0 Å². The van der Waals surface area contributed by atoms with Crippen molar-refractivity contribution < 1.29 is 38.0 Å². The molecule has 2 aliphatic heterocycles. The van der Waals surface area contributed by atoms with Crippen LogP contribution in [0.25, 0.3) is 0 Å². The number of carbonyl (C=O) groups excluding carboxylic acids is 1. The highest BCUT2D eigenvalue weighted by molar-refractivity contribution is 5.82. The molecule has 120 valence electrons. The van der Waals surface area contributed by atoms with Crippen LogP contribution in [0, 0.1) is 5.92 Å². The zero-order chi connectivity index (χ0) is 14.8. The largest absolute Gasteiger partial charge is 1.00 e. The fourth-order valence-corrected chi connectivity index (χ4v) is 2.98. The maximum absolute atomic E-state index is 12.5. The van der Waals surface area contributed by atoms with Crippen LogP contribution in [0.2, 0.25) is 0 Å². The van der Waals surface area contributed by atoms with Gasteiger partial charge in [0.25, 0.3) is 0 Å². The number of carbonyl (C=O) groups is 1. The molecule has 5 heteroatoms. The van der Waals surface area contributed by atoms with Gasteiger partial charge in [0.2, 0.25) is 5.91 Å². The van der Waals surface area contributed by atoms with Gasteiger partial charge in [-0.15, -0.1) is 0 Å². The van der Waals surface area contributed by atoms with Gasteiger partial charge in [-0.25, -0.2) is 0 Å². The summed E-state index contributed by atoms with van der Waals surface area (Å²) in [4.78, 5) is 14.4. The third kappa shape index (κ3) is 4.79. The normalized spacial score (nSPS) is 25.6. The lowest BCUT2D eigenvalue weighted by Crippen LogP contribution is -3.00. The molecule has 1 saturated heterocycles. The van der Waals surface area contributed by atoms with Gasteiger partial charge in [0.05, 0.1) is 39.3 Å². The smallest absolute Gasteiger partial charge is 0.233 e. The van der Waals surface area contributed by atoms with Crippen LogP contribution in [0.4, 0.5) is 0 Å². The van der Waals surface area contributed by atoms with E-state index >= 15 is 0 Å². The minimum atomic E-state index is -0.0290. The van der Waals surface area contributed by atoms with Gasteiger partial charge < -0.3 is 38.1 Å².